The molecule has 1 amide bonds. The average Bonchev–Trinajstić information content (AvgIpc) is 3.10. The summed E-state index contributed by atoms with van der Waals surface area (Å²) in [6.07, 6.45) is 3.49. The number of anilines is 1. The Kier molecular flexibility index (Phi) is 4.27. The van der Waals surface area contributed by atoms with Crippen molar-refractivity contribution in [3.05, 3.63) is 61.6 Å². The Labute approximate surface area is 143 Å². The maximum atomic E-state index is 12.3. The minimum absolute atomic E-state index is 0.162. The molecule has 4 nitrogen and oxygen atoms in total. The highest BCUT2D eigenvalue weighted by Crippen LogP contribution is 2.25. The standard InChI is InChI=1S/C14H9ClIN3OS/c15-10-2-3-12(19-5-1-4-17-19)11(7-10)18-14(20)9-6-13(16)21-8-9/h1-8H,(H,18,20). The van der Waals surface area contributed by atoms with Gasteiger partial charge in [-0.15, -0.1) is 11.3 Å². The number of nitrogens with one attached hydrogen (secondary N) is 1. The average molecular weight is 430 g/mol. The minimum atomic E-state index is -0.162. The van der Waals surface area contributed by atoms with Crippen molar-refractivity contribution in [2.24, 2.45) is 0 Å². The van der Waals surface area contributed by atoms with Crippen LogP contribution in [-0.2, 0) is 0 Å². The highest BCUT2D eigenvalue weighted by atomic mass is 127. The van der Waals surface area contributed by atoms with Gasteiger partial charge in [0.15, 0.2) is 0 Å². The van der Waals surface area contributed by atoms with E-state index in [1.807, 2.05) is 29.8 Å². The van der Waals surface area contributed by atoms with E-state index in [2.05, 4.69) is 33.0 Å². The van der Waals surface area contributed by atoms with Gasteiger partial charge in [0.05, 0.1) is 19.8 Å². The number of hydrogen-bond acceptors (Lipinski definition) is 3. The number of benzene rings is 1. The molecule has 0 radical (unpaired) electrons. The summed E-state index contributed by atoms with van der Waals surface area (Å²) in [5.74, 6) is -0.162. The molecule has 0 aliphatic rings. The first kappa shape index (κ1) is 14.6. The fraction of sp³-hybridized carbons (Fsp3) is 0. The van der Waals surface area contributed by atoms with Gasteiger partial charge in [-0.3, -0.25) is 4.79 Å². The van der Waals surface area contributed by atoms with E-state index in [-0.39, 0.29) is 5.91 Å². The molecule has 3 aromatic rings. The van der Waals surface area contributed by atoms with Crippen LogP contribution in [0.3, 0.4) is 0 Å². The van der Waals surface area contributed by atoms with Crippen LogP contribution < -0.4 is 5.32 Å². The van der Waals surface area contributed by atoms with Crippen molar-refractivity contribution >= 4 is 57.1 Å². The van der Waals surface area contributed by atoms with Crippen molar-refractivity contribution < 1.29 is 4.79 Å². The van der Waals surface area contributed by atoms with E-state index < -0.39 is 0 Å². The molecular weight excluding hydrogens is 421 g/mol. The summed E-state index contributed by atoms with van der Waals surface area (Å²) >= 11 is 9.75. The fourth-order valence-corrected chi connectivity index (χ4v) is 3.34. The van der Waals surface area contributed by atoms with Crippen LogP contribution in [-0.4, -0.2) is 15.7 Å². The normalized spacial score (nSPS) is 10.6. The maximum absolute atomic E-state index is 12.3. The lowest BCUT2D eigenvalue weighted by Gasteiger charge is -2.11. The third-order valence-corrected chi connectivity index (χ3v) is 4.81. The molecule has 0 saturated carbocycles. The third-order valence-electron chi connectivity index (χ3n) is 2.79. The fourth-order valence-electron chi connectivity index (χ4n) is 1.84. The Morgan fingerprint density at radius 2 is 2.24 bits per heavy atom. The van der Waals surface area contributed by atoms with Gasteiger partial charge in [0.25, 0.3) is 5.91 Å². The number of amides is 1. The molecule has 0 unspecified atom stereocenters. The van der Waals surface area contributed by atoms with Gasteiger partial charge in [-0.1, -0.05) is 11.6 Å². The van der Waals surface area contributed by atoms with Gasteiger partial charge in [-0.25, -0.2) is 4.68 Å². The van der Waals surface area contributed by atoms with Crippen LogP contribution in [0.2, 0.25) is 5.02 Å². The van der Waals surface area contributed by atoms with E-state index >= 15 is 0 Å². The largest absolute Gasteiger partial charge is 0.320 e. The lowest BCUT2D eigenvalue weighted by atomic mass is 10.2. The number of carbonyl (C=O) groups is 1. The van der Waals surface area contributed by atoms with Gasteiger partial charge < -0.3 is 5.32 Å². The SMILES string of the molecule is O=C(Nc1cc(Cl)ccc1-n1cccn1)c1csc(I)c1. The van der Waals surface area contributed by atoms with Gasteiger partial charge >= 0.3 is 0 Å². The molecule has 0 bridgehead atoms. The van der Waals surface area contributed by atoms with Crippen molar-refractivity contribution in [1.29, 1.82) is 0 Å². The molecule has 0 aliphatic carbocycles. The predicted octanol–water partition coefficient (Wildman–Crippen LogP) is 4.44. The molecule has 1 N–H and O–H groups in total. The van der Waals surface area contributed by atoms with Crippen LogP contribution in [0.4, 0.5) is 5.69 Å². The second-order valence-electron chi connectivity index (χ2n) is 4.21. The highest BCUT2D eigenvalue weighted by molar-refractivity contribution is 14.1. The first-order valence-electron chi connectivity index (χ1n) is 5.98. The van der Waals surface area contributed by atoms with Crippen molar-refractivity contribution in [1.82, 2.24) is 9.78 Å². The Bertz CT molecular complexity index is 785. The number of rotatable bonds is 3. The van der Waals surface area contributed by atoms with Gasteiger partial charge in [0, 0.05) is 22.8 Å². The van der Waals surface area contributed by atoms with Gasteiger partial charge in [0.1, 0.15) is 0 Å². The van der Waals surface area contributed by atoms with E-state index in [0.717, 1.165) is 8.57 Å². The van der Waals surface area contributed by atoms with Gasteiger partial charge in [-0.05, 0) is 52.9 Å². The number of thiophene rings is 1. The van der Waals surface area contributed by atoms with E-state index in [9.17, 15) is 4.79 Å². The van der Waals surface area contributed by atoms with Crippen molar-refractivity contribution in [2.45, 2.75) is 0 Å². The molecular formula is C14H9ClIN3OS. The van der Waals surface area contributed by atoms with Crippen LogP contribution in [0, 0.1) is 2.88 Å². The lowest BCUT2D eigenvalue weighted by molar-refractivity contribution is 0.102. The second kappa shape index (κ2) is 6.17. The van der Waals surface area contributed by atoms with E-state index in [1.165, 1.54) is 11.3 Å². The lowest BCUT2D eigenvalue weighted by Crippen LogP contribution is -2.13. The highest BCUT2D eigenvalue weighted by Gasteiger charge is 2.12. The Balaban J connectivity index is 1.94. The monoisotopic (exact) mass is 429 g/mol. The summed E-state index contributed by atoms with van der Waals surface area (Å²) in [6, 6.07) is 8.97. The summed E-state index contributed by atoms with van der Waals surface area (Å²) in [5.41, 5.74) is 2.02. The number of carbonyl (C=O) groups excluding carboxylic acids is 1. The number of aromatic nitrogens is 2. The summed E-state index contributed by atoms with van der Waals surface area (Å²) in [5, 5.41) is 9.46. The molecule has 0 fully saturated rings. The van der Waals surface area contributed by atoms with Crippen molar-refractivity contribution in [2.75, 3.05) is 5.32 Å². The number of halogens is 2. The van der Waals surface area contributed by atoms with Crippen LogP contribution in [0.5, 0.6) is 0 Å². The second-order valence-corrected chi connectivity index (χ2v) is 7.45. The zero-order chi connectivity index (χ0) is 14.8. The molecule has 1 aromatic carbocycles. The molecule has 106 valence electrons. The summed E-state index contributed by atoms with van der Waals surface area (Å²) in [6.45, 7) is 0. The summed E-state index contributed by atoms with van der Waals surface area (Å²) in [4.78, 5) is 12.3. The molecule has 2 aromatic heterocycles. The first-order valence-corrected chi connectivity index (χ1v) is 8.32. The van der Waals surface area contributed by atoms with Crippen molar-refractivity contribution in [3.63, 3.8) is 0 Å². The van der Waals surface area contributed by atoms with Crippen LogP contribution in [0.15, 0.2) is 48.1 Å². The minimum Gasteiger partial charge on any atom is -0.320 e. The van der Waals surface area contributed by atoms with Crippen LogP contribution >= 0.6 is 45.5 Å². The zero-order valence-electron chi connectivity index (χ0n) is 10.6. The summed E-state index contributed by atoms with van der Waals surface area (Å²) < 4.78 is 2.75. The van der Waals surface area contributed by atoms with Gasteiger partial charge in [-0.2, -0.15) is 5.10 Å². The molecule has 3 rings (SSSR count). The number of hydrogen-bond donors (Lipinski definition) is 1. The van der Waals surface area contributed by atoms with Crippen LogP contribution in [0.25, 0.3) is 5.69 Å². The zero-order valence-corrected chi connectivity index (χ0v) is 14.3. The molecule has 0 spiro atoms. The smallest absolute Gasteiger partial charge is 0.256 e. The molecule has 0 saturated heterocycles. The van der Waals surface area contributed by atoms with E-state index in [1.54, 1.807) is 23.0 Å². The Morgan fingerprint density at radius 1 is 1.38 bits per heavy atom. The third kappa shape index (κ3) is 3.28. The first-order chi connectivity index (χ1) is 10.1. The van der Waals surface area contributed by atoms with Gasteiger partial charge in [0.2, 0.25) is 0 Å². The molecule has 21 heavy (non-hydrogen) atoms. The molecule has 7 heteroatoms. The molecule has 0 aliphatic heterocycles. The molecule has 2 heterocycles. The van der Waals surface area contributed by atoms with Crippen molar-refractivity contribution in [3.8, 4) is 5.69 Å². The van der Waals surface area contributed by atoms with Crippen LogP contribution in [0.1, 0.15) is 10.4 Å². The maximum Gasteiger partial charge on any atom is 0.256 e. The Morgan fingerprint density at radius 3 is 2.90 bits per heavy atom. The summed E-state index contributed by atoms with van der Waals surface area (Å²) in [7, 11) is 0. The molecule has 0 atom stereocenters. The number of nitrogens with zero attached hydrogens (tertiary/aromatic N) is 2. The topological polar surface area (TPSA) is 46.9 Å². The Hall–Kier alpha value is -1.38. The predicted molar refractivity (Wildman–Crippen MR) is 93.6 cm³/mol. The van der Waals surface area contributed by atoms with E-state index in [0.29, 0.717) is 16.3 Å². The quantitative estimate of drug-likeness (QED) is 0.626. The van der Waals surface area contributed by atoms with E-state index in [4.69, 9.17) is 11.6 Å².